The summed E-state index contributed by atoms with van der Waals surface area (Å²) in [6.45, 7) is 4.64. The molecule has 0 spiro atoms. The quantitative estimate of drug-likeness (QED) is 0.371. The zero-order valence-corrected chi connectivity index (χ0v) is 21.9. The fourth-order valence-corrected chi connectivity index (χ4v) is 5.77. The van der Waals surface area contributed by atoms with Gasteiger partial charge in [0.25, 0.3) is 5.91 Å². The second kappa shape index (κ2) is 10.6. The zero-order valence-electron chi connectivity index (χ0n) is 21.1. The van der Waals surface area contributed by atoms with Gasteiger partial charge >= 0.3 is 5.69 Å². The van der Waals surface area contributed by atoms with Crippen LogP contribution in [0.3, 0.4) is 0 Å². The number of hydrogen-bond donors (Lipinski definition) is 2. The number of rotatable bonds is 7. The Morgan fingerprint density at radius 2 is 2.16 bits per heavy atom. The van der Waals surface area contributed by atoms with Crippen LogP contribution in [0.1, 0.15) is 23.3 Å². The topological polar surface area (TPSA) is 116 Å². The van der Waals surface area contributed by atoms with Crippen LogP contribution in [0.15, 0.2) is 46.8 Å². The summed E-state index contributed by atoms with van der Waals surface area (Å²) in [5, 5.41) is 8.36. The Bertz CT molecular complexity index is 1520. The van der Waals surface area contributed by atoms with Gasteiger partial charge in [0.1, 0.15) is 23.6 Å². The molecule has 0 aliphatic carbocycles. The van der Waals surface area contributed by atoms with Crippen LogP contribution in [0.2, 0.25) is 0 Å². The van der Waals surface area contributed by atoms with Crippen molar-refractivity contribution in [3.05, 3.63) is 58.2 Å². The third-order valence-corrected chi connectivity index (χ3v) is 7.73. The van der Waals surface area contributed by atoms with Crippen molar-refractivity contribution >= 4 is 39.7 Å². The first-order valence-electron chi connectivity index (χ1n) is 12.7. The Labute approximate surface area is 223 Å². The van der Waals surface area contributed by atoms with Gasteiger partial charge in [0, 0.05) is 51.4 Å². The van der Waals surface area contributed by atoms with Gasteiger partial charge in [-0.25, -0.2) is 14.3 Å². The van der Waals surface area contributed by atoms with Gasteiger partial charge in [-0.3, -0.25) is 14.3 Å². The van der Waals surface area contributed by atoms with Crippen molar-refractivity contribution in [2.75, 3.05) is 49.6 Å². The Kier molecular flexibility index (Phi) is 6.83. The Hall–Kier alpha value is -3.74. The van der Waals surface area contributed by atoms with Crippen LogP contribution < -0.4 is 26.0 Å². The van der Waals surface area contributed by atoms with Crippen LogP contribution >= 0.6 is 11.3 Å². The van der Waals surface area contributed by atoms with E-state index in [2.05, 4.69) is 25.5 Å². The van der Waals surface area contributed by atoms with E-state index in [9.17, 15) is 9.59 Å². The summed E-state index contributed by atoms with van der Waals surface area (Å²) in [5.74, 6) is 0.258. The van der Waals surface area contributed by atoms with E-state index >= 15 is 0 Å². The summed E-state index contributed by atoms with van der Waals surface area (Å²) in [5.41, 5.74) is 2.86. The molecule has 0 saturated carbocycles. The predicted molar refractivity (Wildman–Crippen MR) is 146 cm³/mol. The van der Waals surface area contributed by atoms with Crippen molar-refractivity contribution in [3.8, 4) is 10.9 Å². The molecular formula is C26H29N7O4S. The number of carbonyl (C=O) groups is 1. The lowest BCUT2D eigenvalue weighted by Gasteiger charge is -2.30. The van der Waals surface area contributed by atoms with Crippen LogP contribution in [0, 0.1) is 0 Å². The molecule has 6 rings (SSSR count). The molecule has 38 heavy (non-hydrogen) atoms. The van der Waals surface area contributed by atoms with Gasteiger partial charge in [-0.2, -0.15) is 0 Å². The number of ether oxygens (including phenoxy) is 2. The molecule has 2 fully saturated rings. The maximum Gasteiger partial charge on any atom is 0.335 e. The highest BCUT2D eigenvalue weighted by Crippen LogP contribution is 2.29. The largest absolute Gasteiger partial charge is 0.489 e. The molecule has 1 aromatic carbocycles. The highest BCUT2D eigenvalue weighted by molar-refractivity contribution is 7.12. The second-order valence-electron chi connectivity index (χ2n) is 9.35. The normalized spacial score (nSPS) is 17.7. The van der Waals surface area contributed by atoms with E-state index in [1.807, 2.05) is 24.3 Å². The maximum atomic E-state index is 13.3. The van der Waals surface area contributed by atoms with Crippen molar-refractivity contribution < 1.29 is 14.3 Å². The first-order valence-corrected chi connectivity index (χ1v) is 13.6. The second-order valence-corrected chi connectivity index (χ2v) is 10.2. The lowest BCUT2D eigenvalue weighted by Crippen LogP contribution is -2.43. The highest BCUT2D eigenvalue weighted by atomic mass is 32.1. The van der Waals surface area contributed by atoms with Crippen molar-refractivity contribution in [1.82, 2.24) is 24.4 Å². The number of para-hydroxylation sites is 1. The highest BCUT2D eigenvalue weighted by Gasteiger charge is 2.22. The van der Waals surface area contributed by atoms with E-state index in [4.69, 9.17) is 9.47 Å². The minimum atomic E-state index is -0.356. The first kappa shape index (κ1) is 24.6. The molecule has 1 atom stereocenters. The number of nitrogens with one attached hydrogen (secondary N) is 2. The molecule has 12 heteroatoms. The molecule has 2 aliphatic heterocycles. The Morgan fingerprint density at radius 3 is 2.97 bits per heavy atom. The van der Waals surface area contributed by atoms with Gasteiger partial charge in [-0.15, -0.1) is 11.3 Å². The van der Waals surface area contributed by atoms with Crippen LogP contribution in [0.5, 0.6) is 5.75 Å². The molecule has 2 N–H and O–H groups in total. The number of fused-ring (bicyclic) bond motifs is 1. The molecule has 2 aliphatic rings. The molecule has 11 nitrogen and oxygen atoms in total. The van der Waals surface area contributed by atoms with E-state index in [0.29, 0.717) is 34.2 Å². The fourth-order valence-electron chi connectivity index (χ4n) is 4.96. The number of carbonyl (C=O) groups excluding carboxylic acids is 1. The minimum absolute atomic E-state index is 0.0660. The number of amides is 1. The number of aromatic nitrogens is 4. The average molecular weight is 536 g/mol. The Balaban J connectivity index is 1.26. The summed E-state index contributed by atoms with van der Waals surface area (Å²) >= 11 is 1.24. The van der Waals surface area contributed by atoms with Crippen molar-refractivity contribution in [2.45, 2.75) is 18.9 Å². The Morgan fingerprint density at radius 1 is 1.29 bits per heavy atom. The van der Waals surface area contributed by atoms with Crippen LogP contribution in [0.25, 0.3) is 16.2 Å². The smallest absolute Gasteiger partial charge is 0.335 e. The zero-order chi connectivity index (χ0) is 26.1. The molecule has 1 amide bonds. The number of aryl methyl sites for hydroxylation is 1. The molecule has 0 radical (unpaired) electrons. The summed E-state index contributed by atoms with van der Waals surface area (Å²) in [6, 6.07) is 7.46. The van der Waals surface area contributed by atoms with E-state index in [1.165, 1.54) is 15.9 Å². The van der Waals surface area contributed by atoms with Crippen LogP contribution in [0.4, 0.5) is 11.4 Å². The number of hydrogen-bond acceptors (Lipinski definition) is 9. The number of piperazine rings is 1. The number of benzene rings is 1. The molecule has 2 saturated heterocycles. The molecule has 3 aromatic heterocycles. The van der Waals surface area contributed by atoms with Crippen molar-refractivity contribution in [1.29, 1.82) is 0 Å². The number of pyridine rings is 1. The molecule has 4 aromatic rings. The van der Waals surface area contributed by atoms with Gasteiger partial charge in [0.2, 0.25) is 0 Å². The van der Waals surface area contributed by atoms with Gasteiger partial charge in [-0.05, 0) is 31.0 Å². The summed E-state index contributed by atoms with van der Waals surface area (Å²) in [4.78, 5) is 37.4. The van der Waals surface area contributed by atoms with E-state index in [0.717, 1.165) is 51.3 Å². The number of anilines is 2. The number of imidazole rings is 1. The molecule has 0 bridgehead atoms. The standard InChI is InChI=1S/C26H29N7O4S/c1-31-23-21(5-2-6-22(23)37-15-17-4-3-13-36-17)33(26(31)35)25-30-19(16-38-25)24(34)29-18-14-28-8-7-20(18)32-11-9-27-10-12-32/h2,5-8,14,16-17,27H,3-4,9-13,15H2,1H3,(H,29,34)/t17-/m1/s1. The fraction of sp³-hybridized carbons (Fsp3) is 0.385. The molecule has 198 valence electrons. The van der Waals surface area contributed by atoms with Crippen molar-refractivity contribution in [3.63, 3.8) is 0 Å². The lowest BCUT2D eigenvalue weighted by molar-refractivity contribution is 0.0684. The molecular weight excluding hydrogens is 506 g/mol. The average Bonchev–Trinajstić information content (AvgIpc) is 3.70. The number of thiazole rings is 1. The van der Waals surface area contributed by atoms with Crippen molar-refractivity contribution in [2.24, 2.45) is 7.05 Å². The summed E-state index contributed by atoms with van der Waals surface area (Å²) in [7, 11) is 1.71. The van der Waals surface area contributed by atoms with E-state index in [1.54, 1.807) is 29.4 Å². The predicted octanol–water partition coefficient (Wildman–Crippen LogP) is 2.40. The van der Waals surface area contributed by atoms with Gasteiger partial charge in [0.15, 0.2) is 5.13 Å². The summed E-state index contributed by atoms with van der Waals surface area (Å²) < 4.78 is 14.8. The monoisotopic (exact) mass is 535 g/mol. The SMILES string of the molecule is Cn1c(=O)n(-c2nc(C(=O)Nc3cnccc3N3CCNCC3)cs2)c2cccc(OC[C@H]3CCCO3)c21. The van der Waals surface area contributed by atoms with Gasteiger partial charge < -0.3 is 25.0 Å². The molecule has 0 unspecified atom stereocenters. The van der Waals surface area contributed by atoms with Gasteiger partial charge in [-0.1, -0.05) is 6.07 Å². The first-order chi connectivity index (χ1) is 18.6. The maximum absolute atomic E-state index is 13.3. The van der Waals surface area contributed by atoms with E-state index in [-0.39, 0.29) is 23.4 Å². The lowest BCUT2D eigenvalue weighted by atomic mass is 10.2. The van der Waals surface area contributed by atoms with Gasteiger partial charge in [0.05, 0.1) is 29.2 Å². The minimum Gasteiger partial charge on any atom is -0.489 e. The molecule has 5 heterocycles. The number of nitrogens with zero attached hydrogens (tertiary/aromatic N) is 5. The third-order valence-electron chi connectivity index (χ3n) is 6.90. The third kappa shape index (κ3) is 4.66. The summed E-state index contributed by atoms with van der Waals surface area (Å²) in [6.07, 6.45) is 5.44. The van der Waals surface area contributed by atoms with Crippen LogP contribution in [-0.4, -0.2) is 70.5 Å². The van der Waals surface area contributed by atoms with Crippen LogP contribution in [-0.2, 0) is 11.8 Å². The van der Waals surface area contributed by atoms with E-state index < -0.39 is 0 Å².